The summed E-state index contributed by atoms with van der Waals surface area (Å²) < 4.78 is 62.1. The van der Waals surface area contributed by atoms with Gasteiger partial charge in [0.1, 0.15) is 30.3 Å². The van der Waals surface area contributed by atoms with E-state index in [1.807, 2.05) is 37.2 Å². The molecule has 0 aliphatic carbocycles. The van der Waals surface area contributed by atoms with E-state index in [0.717, 1.165) is 24.2 Å². The molecule has 0 bridgehead atoms. The number of halogens is 2. The van der Waals surface area contributed by atoms with Gasteiger partial charge in [-0.3, -0.25) is 4.72 Å². The monoisotopic (exact) mass is 542 g/mol. The standard InChI is InChI=1S/C26H28F2N6O3S/c1-4-14-38(35,36)33-22-11-9-19(27)25(24(22)28)32-26-18-15-17(8-10-21(18)29-16-30-26)20-6-5-7-23(31-20)37-13-12-34(2)3/h5-11,15-16,33H,4,12-14H2,1-3H3,(H,29,30,32). The van der Waals surface area contributed by atoms with Crippen molar-refractivity contribution in [3.63, 3.8) is 0 Å². The van der Waals surface area contributed by atoms with Crippen molar-refractivity contribution < 1.29 is 21.9 Å². The molecule has 0 fully saturated rings. The lowest BCUT2D eigenvalue weighted by molar-refractivity contribution is 0.254. The molecule has 2 heterocycles. The summed E-state index contributed by atoms with van der Waals surface area (Å²) in [4.78, 5) is 15.0. The van der Waals surface area contributed by atoms with Crippen LogP contribution in [0.25, 0.3) is 22.2 Å². The van der Waals surface area contributed by atoms with Crippen molar-refractivity contribution in [2.24, 2.45) is 0 Å². The van der Waals surface area contributed by atoms with Crippen LogP contribution in [0.15, 0.2) is 54.9 Å². The SMILES string of the molecule is CCCS(=O)(=O)Nc1ccc(F)c(Nc2ncnc3ccc(-c4cccc(OCCN(C)C)n4)cc23)c1F. The van der Waals surface area contributed by atoms with Gasteiger partial charge in [-0.05, 0) is 50.8 Å². The van der Waals surface area contributed by atoms with E-state index < -0.39 is 27.3 Å². The first-order chi connectivity index (χ1) is 18.2. The highest BCUT2D eigenvalue weighted by Crippen LogP contribution is 2.32. The zero-order valence-electron chi connectivity index (χ0n) is 21.2. The van der Waals surface area contributed by atoms with E-state index in [2.05, 4.69) is 25.0 Å². The Morgan fingerprint density at radius 1 is 1.05 bits per heavy atom. The molecule has 0 aliphatic heterocycles. The number of benzene rings is 2. The van der Waals surface area contributed by atoms with Gasteiger partial charge >= 0.3 is 0 Å². The fourth-order valence-electron chi connectivity index (χ4n) is 3.66. The Kier molecular flexibility index (Phi) is 8.32. The minimum Gasteiger partial charge on any atom is -0.476 e. The second-order valence-electron chi connectivity index (χ2n) is 8.80. The van der Waals surface area contributed by atoms with Crippen LogP contribution < -0.4 is 14.8 Å². The number of ether oxygens (including phenoxy) is 1. The summed E-state index contributed by atoms with van der Waals surface area (Å²) in [7, 11) is 0.127. The van der Waals surface area contributed by atoms with Gasteiger partial charge in [-0.25, -0.2) is 32.2 Å². The van der Waals surface area contributed by atoms with E-state index >= 15 is 4.39 Å². The molecule has 0 atom stereocenters. The molecule has 9 nitrogen and oxygen atoms in total. The summed E-state index contributed by atoms with van der Waals surface area (Å²) >= 11 is 0. The Hall–Kier alpha value is -3.90. The van der Waals surface area contributed by atoms with E-state index in [-0.39, 0.29) is 17.3 Å². The van der Waals surface area contributed by atoms with Crippen molar-refractivity contribution in [3.05, 3.63) is 66.5 Å². The van der Waals surface area contributed by atoms with Gasteiger partial charge in [0.2, 0.25) is 15.9 Å². The topological polar surface area (TPSA) is 109 Å². The number of nitrogens with zero attached hydrogens (tertiary/aromatic N) is 4. The summed E-state index contributed by atoms with van der Waals surface area (Å²) in [5, 5.41) is 3.17. The second-order valence-corrected chi connectivity index (χ2v) is 10.6. The normalized spacial score (nSPS) is 11.6. The third kappa shape index (κ3) is 6.50. The molecule has 4 rings (SSSR count). The number of rotatable bonds is 11. The van der Waals surface area contributed by atoms with Crippen molar-refractivity contribution in [2.45, 2.75) is 13.3 Å². The third-order valence-corrected chi connectivity index (χ3v) is 6.99. The fraction of sp³-hybridized carbons (Fsp3) is 0.269. The third-order valence-electron chi connectivity index (χ3n) is 5.52. The van der Waals surface area contributed by atoms with Crippen LogP contribution in [-0.4, -0.2) is 61.3 Å². The Morgan fingerprint density at radius 2 is 1.87 bits per heavy atom. The van der Waals surface area contributed by atoms with E-state index in [9.17, 15) is 12.8 Å². The summed E-state index contributed by atoms with van der Waals surface area (Å²) in [5.74, 6) is -1.58. The zero-order chi connectivity index (χ0) is 27.3. The highest BCUT2D eigenvalue weighted by Gasteiger charge is 2.19. The number of hydrogen-bond acceptors (Lipinski definition) is 8. The first kappa shape index (κ1) is 27.1. The highest BCUT2D eigenvalue weighted by molar-refractivity contribution is 7.92. The molecule has 0 saturated carbocycles. The van der Waals surface area contributed by atoms with Crippen LogP contribution in [0.3, 0.4) is 0 Å². The lowest BCUT2D eigenvalue weighted by Gasteiger charge is -2.14. The quantitative estimate of drug-likeness (QED) is 0.278. The van der Waals surface area contributed by atoms with Crippen LogP contribution in [0, 0.1) is 11.6 Å². The summed E-state index contributed by atoms with van der Waals surface area (Å²) in [5.41, 5.74) is 0.979. The Balaban J connectivity index is 1.67. The van der Waals surface area contributed by atoms with Crippen LogP contribution in [0.4, 0.5) is 26.0 Å². The van der Waals surface area contributed by atoms with Crippen LogP contribution in [-0.2, 0) is 10.0 Å². The van der Waals surface area contributed by atoms with Crippen LogP contribution in [0.1, 0.15) is 13.3 Å². The van der Waals surface area contributed by atoms with E-state index in [4.69, 9.17) is 4.74 Å². The Bertz CT molecular complexity index is 1550. The molecule has 12 heteroatoms. The Morgan fingerprint density at radius 3 is 2.63 bits per heavy atom. The van der Waals surface area contributed by atoms with Crippen molar-refractivity contribution in [3.8, 4) is 17.1 Å². The van der Waals surface area contributed by atoms with Crippen molar-refractivity contribution in [1.82, 2.24) is 19.9 Å². The van der Waals surface area contributed by atoms with Crippen LogP contribution in [0.2, 0.25) is 0 Å². The van der Waals surface area contributed by atoms with Gasteiger partial charge in [0.25, 0.3) is 0 Å². The molecule has 0 radical (unpaired) electrons. The van der Waals surface area contributed by atoms with E-state index in [1.165, 1.54) is 6.33 Å². The molecule has 0 aliphatic rings. The summed E-state index contributed by atoms with van der Waals surface area (Å²) in [6.07, 6.45) is 1.61. The van der Waals surface area contributed by atoms with Gasteiger partial charge in [-0.15, -0.1) is 0 Å². The van der Waals surface area contributed by atoms with Crippen LogP contribution >= 0.6 is 0 Å². The number of likely N-dealkylation sites (N-methyl/N-ethyl adjacent to an activating group) is 1. The number of sulfonamides is 1. The molecule has 4 aromatic rings. The van der Waals surface area contributed by atoms with E-state index in [0.29, 0.717) is 35.5 Å². The molecule has 0 amide bonds. The number of fused-ring (bicyclic) bond motifs is 1. The van der Waals surface area contributed by atoms with Crippen molar-refractivity contribution in [1.29, 1.82) is 0 Å². The largest absolute Gasteiger partial charge is 0.476 e. The maximum absolute atomic E-state index is 15.2. The minimum atomic E-state index is -3.78. The van der Waals surface area contributed by atoms with Gasteiger partial charge in [0, 0.05) is 23.6 Å². The number of anilines is 3. The maximum atomic E-state index is 15.2. The average molecular weight is 543 g/mol. The fourth-order valence-corrected chi connectivity index (χ4v) is 4.79. The smallest absolute Gasteiger partial charge is 0.232 e. The molecule has 2 aromatic carbocycles. The van der Waals surface area contributed by atoms with Gasteiger partial charge in [-0.2, -0.15) is 0 Å². The number of nitrogens with one attached hydrogen (secondary N) is 2. The molecule has 0 saturated heterocycles. The lowest BCUT2D eigenvalue weighted by atomic mass is 10.1. The molecule has 0 unspecified atom stereocenters. The second kappa shape index (κ2) is 11.7. The maximum Gasteiger partial charge on any atom is 0.232 e. The number of hydrogen-bond donors (Lipinski definition) is 2. The van der Waals surface area contributed by atoms with Crippen LogP contribution in [0.5, 0.6) is 5.88 Å². The molecular formula is C26H28F2N6O3S. The molecular weight excluding hydrogens is 514 g/mol. The molecule has 2 aromatic heterocycles. The number of aromatic nitrogens is 3. The van der Waals surface area contributed by atoms with Gasteiger partial charge in [0.15, 0.2) is 5.82 Å². The van der Waals surface area contributed by atoms with Gasteiger partial charge in [0.05, 0.1) is 22.7 Å². The Labute approximate surface area is 220 Å². The number of pyridine rings is 1. The van der Waals surface area contributed by atoms with Gasteiger partial charge in [-0.1, -0.05) is 19.1 Å². The molecule has 0 spiro atoms. The zero-order valence-corrected chi connectivity index (χ0v) is 22.0. The summed E-state index contributed by atoms with van der Waals surface area (Å²) in [6, 6.07) is 12.8. The molecule has 38 heavy (non-hydrogen) atoms. The average Bonchev–Trinajstić information content (AvgIpc) is 2.88. The predicted octanol–water partition coefficient (Wildman–Crippen LogP) is 4.81. The lowest BCUT2D eigenvalue weighted by Crippen LogP contribution is -2.19. The predicted molar refractivity (Wildman–Crippen MR) is 144 cm³/mol. The highest BCUT2D eigenvalue weighted by atomic mass is 32.2. The van der Waals surface area contributed by atoms with Crippen molar-refractivity contribution in [2.75, 3.05) is 43.0 Å². The van der Waals surface area contributed by atoms with Crippen molar-refractivity contribution >= 4 is 38.1 Å². The first-order valence-corrected chi connectivity index (χ1v) is 13.6. The summed E-state index contributed by atoms with van der Waals surface area (Å²) in [6.45, 7) is 2.90. The molecule has 2 N–H and O–H groups in total. The first-order valence-electron chi connectivity index (χ1n) is 11.9. The minimum absolute atomic E-state index is 0.140. The molecule has 200 valence electrons. The van der Waals surface area contributed by atoms with E-state index in [1.54, 1.807) is 25.1 Å². The van der Waals surface area contributed by atoms with Gasteiger partial charge < -0.3 is 15.0 Å².